The molecule has 1 aliphatic heterocycles. The molecule has 38 heavy (non-hydrogen) atoms. The molecule has 1 aliphatic carbocycles. The van der Waals surface area contributed by atoms with E-state index in [1.165, 1.54) is 61.0 Å². The molecule has 8 rings (SSSR count). The molecular formula is C36H26N2. The molecule has 5 aromatic carbocycles. The van der Waals surface area contributed by atoms with Crippen molar-refractivity contribution in [2.75, 3.05) is 5.32 Å². The molecule has 2 heteroatoms. The molecule has 2 heterocycles. The Morgan fingerprint density at radius 2 is 1.29 bits per heavy atom. The SMILES string of the molecule is C1=CC2Nc3ccccc3C2C=C1c1ccc2c(c1)c1ccccc1n2-c1ccc(-c2ccccc2)cc1. The summed E-state index contributed by atoms with van der Waals surface area (Å²) in [6.45, 7) is 0. The quantitative estimate of drug-likeness (QED) is 0.264. The summed E-state index contributed by atoms with van der Waals surface area (Å²) in [7, 11) is 0. The lowest BCUT2D eigenvalue weighted by atomic mass is 9.86. The van der Waals surface area contributed by atoms with Crippen LogP contribution >= 0.6 is 0 Å². The van der Waals surface area contributed by atoms with Gasteiger partial charge < -0.3 is 9.88 Å². The highest BCUT2D eigenvalue weighted by molar-refractivity contribution is 6.10. The summed E-state index contributed by atoms with van der Waals surface area (Å²) in [5.74, 6) is 0.367. The molecule has 1 N–H and O–H groups in total. The van der Waals surface area contributed by atoms with Crippen LogP contribution in [-0.2, 0) is 0 Å². The van der Waals surface area contributed by atoms with Gasteiger partial charge in [0.1, 0.15) is 0 Å². The zero-order valence-corrected chi connectivity index (χ0v) is 20.9. The minimum Gasteiger partial charge on any atom is -0.378 e. The maximum atomic E-state index is 3.66. The van der Waals surface area contributed by atoms with Gasteiger partial charge in [0.05, 0.1) is 17.1 Å². The van der Waals surface area contributed by atoms with Crippen LogP contribution in [0.4, 0.5) is 5.69 Å². The fourth-order valence-corrected chi connectivity index (χ4v) is 6.26. The molecule has 0 saturated heterocycles. The van der Waals surface area contributed by atoms with Gasteiger partial charge in [0, 0.05) is 28.1 Å². The standard InChI is InChI=1S/C36H26N2/c1-2-8-24(9-3-1)25-14-18-28(19-15-25)38-35-13-7-5-11-30(35)32-23-27(17-21-36(32)38)26-16-20-34-31(22-26)29-10-4-6-12-33(29)37-34/h1-23,31,34,37H. The predicted octanol–water partition coefficient (Wildman–Crippen LogP) is 8.98. The summed E-state index contributed by atoms with van der Waals surface area (Å²) < 4.78 is 2.39. The van der Waals surface area contributed by atoms with E-state index in [1.54, 1.807) is 0 Å². The summed E-state index contributed by atoms with van der Waals surface area (Å²) >= 11 is 0. The Balaban J connectivity index is 1.24. The third-order valence-electron chi connectivity index (χ3n) is 8.11. The van der Waals surface area contributed by atoms with Crippen molar-refractivity contribution < 1.29 is 0 Å². The van der Waals surface area contributed by atoms with E-state index in [2.05, 4.69) is 149 Å². The van der Waals surface area contributed by atoms with Gasteiger partial charge in [-0.05, 0) is 64.2 Å². The van der Waals surface area contributed by atoms with Gasteiger partial charge in [-0.3, -0.25) is 0 Å². The molecule has 1 aromatic heterocycles. The van der Waals surface area contributed by atoms with Crippen LogP contribution in [0.5, 0.6) is 0 Å². The summed E-state index contributed by atoms with van der Waals surface area (Å²) in [4.78, 5) is 0. The molecule has 2 unspecified atom stereocenters. The fourth-order valence-electron chi connectivity index (χ4n) is 6.26. The molecule has 0 spiro atoms. The second kappa shape index (κ2) is 8.36. The van der Waals surface area contributed by atoms with Crippen molar-refractivity contribution in [1.82, 2.24) is 4.57 Å². The van der Waals surface area contributed by atoms with E-state index in [-0.39, 0.29) is 0 Å². The molecule has 2 atom stereocenters. The van der Waals surface area contributed by atoms with Gasteiger partial charge in [-0.2, -0.15) is 0 Å². The van der Waals surface area contributed by atoms with Gasteiger partial charge in [-0.15, -0.1) is 0 Å². The lowest BCUT2D eigenvalue weighted by Gasteiger charge is -2.20. The van der Waals surface area contributed by atoms with Crippen LogP contribution in [0.25, 0.3) is 44.2 Å². The Hall–Kier alpha value is -4.82. The number of allylic oxidation sites excluding steroid dienone is 2. The number of aromatic nitrogens is 1. The van der Waals surface area contributed by atoms with Crippen LogP contribution in [0, 0.1) is 0 Å². The van der Waals surface area contributed by atoms with Crippen LogP contribution in [0.1, 0.15) is 17.0 Å². The van der Waals surface area contributed by atoms with Gasteiger partial charge in [0.25, 0.3) is 0 Å². The molecule has 2 aliphatic rings. The summed E-state index contributed by atoms with van der Waals surface area (Å²) in [6.07, 6.45) is 7.04. The van der Waals surface area contributed by atoms with Gasteiger partial charge in [0.2, 0.25) is 0 Å². The highest BCUT2D eigenvalue weighted by atomic mass is 15.0. The molecule has 0 fully saturated rings. The number of para-hydroxylation sites is 2. The van der Waals surface area contributed by atoms with Crippen molar-refractivity contribution in [2.24, 2.45) is 0 Å². The first-order chi connectivity index (χ1) is 18.8. The Bertz CT molecular complexity index is 1890. The van der Waals surface area contributed by atoms with Crippen LogP contribution < -0.4 is 5.32 Å². The van der Waals surface area contributed by atoms with E-state index >= 15 is 0 Å². The maximum absolute atomic E-state index is 3.66. The van der Waals surface area contributed by atoms with E-state index in [4.69, 9.17) is 0 Å². The van der Waals surface area contributed by atoms with Crippen molar-refractivity contribution in [3.8, 4) is 16.8 Å². The second-order valence-corrected chi connectivity index (χ2v) is 10.3. The van der Waals surface area contributed by atoms with Crippen molar-refractivity contribution in [2.45, 2.75) is 12.0 Å². The average molecular weight is 487 g/mol. The van der Waals surface area contributed by atoms with Crippen molar-refractivity contribution >= 4 is 33.1 Å². The second-order valence-electron chi connectivity index (χ2n) is 10.3. The first-order valence-corrected chi connectivity index (χ1v) is 13.3. The van der Waals surface area contributed by atoms with Crippen molar-refractivity contribution in [1.29, 1.82) is 0 Å². The summed E-state index contributed by atoms with van der Waals surface area (Å²) in [5.41, 5.74) is 11.3. The molecular weight excluding hydrogens is 460 g/mol. The number of fused-ring (bicyclic) bond motifs is 6. The summed E-state index contributed by atoms with van der Waals surface area (Å²) in [6, 6.07) is 44.2. The summed E-state index contributed by atoms with van der Waals surface area (Å²) in [5, 5.41) is 6.23. The predicted molar refractivity (Wildman–Crippen MR) is 160 cm³/mol. The first-order valence-electron chi connectivity index (χ1n) is 13.3. The first kappa shape index (κ1) is 21.3. The van der Waals surface area contributed by atoms with E-state index in [1.807, 2.05) is 0 Å². The van der Waals surface area contributed by atoms with E-state index in [0.29, 0.717) is 12.0 Å². The van der Waals surface area contributed by atoms with E-state index in [0.717, 1.165) is 0 Å². The van der Waals surface area contributed by atoms with E-state index < -0.39 is 0 Å². The number of nitrogens with one attached hydrogen (secondary N) is 1. The molecule has 2 nitrogen and oxygen atoms in total. The Labute approximate surface area is 222 Å². The molecule has 0 saturated carbocycles. The van der Waals surface area contributed by atoms with Crippen LogP contribution in [0.2, 0.25) is 0 Å². The average Bonchev–Trinajstić information content (AvgIpc) is 3.53. The number of benzene rings is 5. The largest absolute Gasteiger partial charge is 0.378 e. The smallest absolute Gasteiger partial charge is 0.0552 e. The lowest BCUT2D eigenvalue weighted by Crippen LogP contribution is -2.18. The van der Waals surface area contributed by atoms with E-state index in [9.17, 15) is 0 Å². The van der Waals surface area contributed by atoms with Crippen molar-refractivity contribution in [3.05, 3.63) is 151 Å². The highest BCUT2D eigenvalue weighted by Gasteiger charge is 2.30. The third kappa shape index (κ3) is 3.27. The van der Waals surface area contributed by atoms with Crippen molar-refractivity contribution in [3.63, 3.8) is 0 Å². The Kier molecular flexibility index (Phi) is 4.68. The van der Waals surface area contributed by atoms with Gasteiger partial charge in [0.15, 0.2) is 0 Å². The molecule has 180 valence electrons. The highest BCUT2D eigenvalue weighted by Crippen LogP contribution is 2.42. The number of nitrogens with zero attached hydrogens (tertiary/aromatic N) is 1. The monoisotopic (exact) mass is 486 g/mol. The Morgan fingerprint density at radius 1 is 0.579 bits per heavy atom. The van der Waals surface area contributed by atoms with Crippen LogP contribution in [0.3, 0.4) is 0 Å². The molecule has 0 bridgehead atoms. The lowest BCUT2D eigenvalue weighted by molar-refractivity contribution is 0.808. The third-order valence-corrected chi connectivity index (χ3v) is 8.11. The van der Waals surface area contributed by atoms with Gasteiger partial charge in [-0.25, -0.2) is 0 Å². The number of hydrogen-bond acceptors (Lipinski definition) is 1. The van der Waals surface area contributed by atoms with Crippen LogP contribution in [-0.4, -0.2) is 10.6 Å². The Morgan fingerprint density at radius 3 is 2.18 bits per heavy atom. The van der Waals surface area contributed by atoms with Gasteiger partial charge in [-0.1, -0.05) is 103 Å². The van der Waals surface area contributed by atoms with Gasteiger partial charge >= 0.3 is 0 Å². The maximum Gasteiger partial charge on any atom is 0.0552 e. The normalized spacial score (nSPS) is 17.7. The molecule has 6 aromatic rings. The number of hydrogen-bond donors (Lipinski definition) is 1. The van der Waals surface area contributed by atoms with Crippen LogP contribution in [0.15, 0.2) is 140 Å². The molecule has 0 radical (unpaired) electrons. The number of rotatable bonds is 3. The minimum absolute atomic E-state index is 0.334. The number of anilines is 1. The molecule has 0 amide bonds. The topological polar surface area (TPSA) is 17.0 Å². The zero-order chi connectivity index (χ0) is 25.1. The minimum atomic E-state index is 0.334. The fraction of sp³-hybridized carbons (Fsp3) is 0.0556. The zero-order valence-electron chi connectivity index (χ0n) is 20.9.